The van der Waals surface area contributed by atoms with Gasteiger partial charge in [-0.1, -0.05) is 109 Å². The molecule has 0 radical (unpaired) electrons. The van der Waals surface area contributed by atoms with E-state index >= 15 is 0 Å². The van der Waals surface area contributed by atoms with E-state index in [4.69, 9.17) is 9.98 Å². The molecule has 3 heteroatoms. The molecule has 2 nitrogen and oxygen atoms in total. The smallest absolute Gasteiger partial charge is 0.0848 e. The summed E-state index contributed by atoms with van der Waals surface area (Å²) in [7, 11) is 0. The number of hydrogen-bond donors (Lipinski definition) is 0. The van der Waals surface area contributed by atoms with Crippen LogP contribution in [0, 0.1) is 27.7 Å². The van der Waals surface area contributed by atoms with E-state index < -0.39 is 0 Å². The Hall–Kier alpha value is -1.82. The molecule has 0 saturated carbocycles. The molecule has 0 amide bonds. The molecule has 0 aliphatic heterocycles. The van der Waals surface area contributed by atoms with Crippen LogP contribution in [0.3, 0.4) is 0 Å². The predicted molar refractivity (Wildman–Crippen MR) is 180 cm³/mol. The largest absolute Gasteiger partial charge is 0.251 e. The Kier molecular flexibility index (Phi) is 20.6. The van der Waals surface area contributed by atoms with Gasteiger partial charge in [-0.25, -0.2) is 4.99 Å². The van der Waals surface area contributed by atoms with Crippen LogP contribution < -0.4 is 0 Å². The summed E-state index contributed by atoms with van der Waals surface area (Å²) in [4.78, 5) is 10.3. The van der Waals surface area contributed by atoms with Gasteiger partial charge in [-0.15, -0.1) is 0 Å². The van der Waals surface area contributed by atoms with Gasteiger partial charge in [0.15, 0.2) is 0 Å². The van der Waals surface area contributed by atoms with Gasteiger partial charge in [0.05, 0.1) is 22.8 Å². The van der Waals surface area contributed by atoms with Crippen LogP contribution in [0.4, 0.5) is 11.4 Å². The average Bonchev–Trinajstić information content (AvgIpc) is 2.94. The van der Waals surface area contributed by atoms with Gasteiger partial charge in [0, 0.05) is 20.4 Å². The fourth-order valence-electron chi connectivity index (χ4n) is 4.97. The quantitative estimate of drug-likeness (QED) is 0.0775. The Bertz CT molecular complexity index is 1080. The zero-order valence-electron chi connectivity index (χ0n) is 27.1. The third-order valence-corrected chi connectivity index (χ3v) is 8.06. The molecule has 0 fully saturated rings. The first-order chi connectivity index (χ1) is 19.4. The van der Waals surface area contributed by atoms with Gasteiger partial charge in [-0.2, -0.15) is 0 Å². The van der Waals surface area contributed by atoms with Crippen molar-refractivity contribution < 1.29 is 20.4 Å². The molecule has 0 aromatic heterocycles. The molecule has 0 unspecified atom stereocenters. The molecule has 0 aliphatic carbocycles. The Morgan fingerprint density at radius 1 is 0.561 bits per heavy atom. The first-order valence-electron chi connectivity index (χ1n) is 16.4. The molecule has 230 valence electrons. The summed E-state index contributed by atoms with van der Waals surface area (Å²) >= 11 is 0. The Morgan fingerprint density at radius 2 is 1.02 bits per heavy atom. The first kappa shape index (κ1) is 37.2. The second kappa shape index (κ2) is 22.7. The van der Waals surface area contributed by atoms with Gasteiger partial charge in [-0.3, -0.25) is 4.99 Å². The van der Waals surface area contributed by atoms with Crippen LogP contribution in [-0.4, -0.2) is 11.4 Å². The third kappa shape index (κ3) is 15.8. The van der Waals surface area contributed by atoms with Crippen LogP contribution in [0.2, 0.25) is 0 Å². The number of allylic oxidation sites excluding steroid dienone is 2. The normalized spacial score (nSPS) is 12.2. The summed E-state index contributed by atoms with van der Waals surface area (Å²) in [5.74, 6) is 0. The van der Waals surface area contributed by atoms with Gasteiger partial charge >= 0.3 is 0 Å². The topological polar surface area (TPSA) is 24.7 Å². The molecule has 2 aromatic rings. The van der Waals surface area contributed by atoms with Crippen LogP contribution in [-0.2, 0) is 20.4 Å². The zero-order chi connectivity index (χ0) is 29.0. The summed E-state index contributed by atoms with van der Waals surface area (Å²) in [6, 6.07) is 13.0. The second-order valence-corrected chi connectivity index (χ2v) is 11.8. The maximum atomic E-state index is 5.15. The molecule has 0 saturated heterocycles. The van der Waals surface area contributed by atoms with Crippen LogP contribution in [0.15, 0.2) is 58.5 Å². The van der Waals surface area contributed by atoms with Crippen molar-refractivity contribution in [1.29, 1.82) is 0 Å². The van der Waals surface area contributed by atoms with Crippen LogP contribution in [0.5, 0.6) is 0 Å². The molecule has 2 rings (SSSR count). The average molecular weight is 649 g/mol. The Labute approximate surface area is 267 Å². The molecule has 0 bridgehead atoms. The van der Waals surface area contributed by atoms with Gasteiger partial charge in [0.2, 0.25) is 0 Å². The van der Waals surface area contributed by atoms with E-state index in [-0.39, 0.29) is 20.4 Å². The minimum absolute atomic E-state index is 0. The van der Waals surface area contributed by atoms with Gasteiger partial charge in [-0.05, 0) is 106 Å². The number of unbranched alkanes of at least 4 members (excludes halogenated alkanes) is 13. The van der Waals surface area contributed by atoms with E-state index in [0.29, 0.717) is 0 Å². The monoisotopic (exact) mass is 648 g/mol. The molecule has 0 aliphatic rings. The molecule has 0 N–H and O–H groups in total. The van der Waals surface area contributed by atoms with Crippen molar-refractivity contribution in [2.45, 2.75) is 144 Å². The summed E-state index contributed by atoms with van der Waals surface area (Å²) in [5.41, 5.74) is 9.31. The molecular formula is C38H58N2Pd. The Balaban J connectivity index is 0.00000840. The molecular weight excluding hydrogens is 591 g/mol. The van der Waals surface area contributed by atoms with E-state index in [9.17, 15) is 0 Å². The van der Waals surface area contributed by atoms with Crippen molar-refractivity contribution in [1.82, 2.24) is 0 Å². The van der Waals surface area contributed by atoms with Crippen LogP contribution in [0.1, 0.15) is 139 Å². The van der Waals surface area contributed by atoms with Crippen LogP contribution >= 0.6 is 0 Å². The van der Waals surface area contributed by atoms with Crippen molar-refractivity contribution in [3.05, 3.63) is 70.8 Å². The van der Waals surface area contributed by atoms with E-state index in [0.717, 1.165) is 48.5 Å². The summed E-state index contributed by atoms with van der Waals surface area (Å²) < 4.78 is 0. The van der Waals surface area contributed by atoms with Crippen LogP contribution in [0.25, 0.3) is 0 Å². The minimum atomic E-state index is 0. The zero-order valence-corrected chi connectivity index (χ0v) is 28.7. The fraction of sp³-hybridized carbons (Fsp3) is 0.579. The number of aryl methyl sites for hydroxylation is 4. The first-order valence-corrected chi connectivity index (χ1v) is 16.4. The Morgan fingerprint density at radius 3 is 1.51 bits per heavy atom. The van der Waals surface area contributed by atoms with Crippen molar-refractivity contribution >= 4 is 22.8 Å². The molecule has 0 atom stereocenters. The van der Waals surface area contributed by atoms with Crippen molar-refractivity contribution in [3.63, 3.8) is 0 Å². The summed E-state index contributed by atoms with van der Waals surface area (Å²) in [5, 5.41) is 0. The van der Waals surface area contributed by atoms with E-state index in [1.54, 1.807) is 0 Å². The molecule has 0 heterocycles. The van der Waals surface area contributed by atoms with Gasteiger partial charge < -0.3 is 0 Å². The summed E-state index contributed by atoms with van der Waals surface area (Å²) in [6.07, 6.45) is 25.5. The maximum Gasteiger partial charge on any atom is 0.0848 e. The van der Waals surface area contributed by atoms with Crippen molar-refractivity contribution in [3.8, 4) is 0 Å². The predicted octanol–water partition coefficient (Wildman–Crippen LogP) is 12.6. The van der Waals surface area contributed by atoms with E-state index in [1.807, 2.05) is 0 Å². The molecule has 41 heavy (non-hydrogen) atoms. The molecule has 0 spiro atoms. The van der Waals surface area contributed by atoms with Gasteiger partial charge in [0.1, 0.15) is 0 Å². The minimum Gasteiger partial charge on any atom is -0.251 e. The fourth-order valence-corrected chi connectivity index (χ4v) is 4.97. The van der Waals surface area contributed by atoms with Crippen molar-refractivity contribution in [2.75, 3.05) is 0 Å². The SMILES string of the molecule is CCCCCCCCCCCCCC/C=C/C(=N\c1ccc(C)c(C)c1)C(/CCCC)=N/c1ccc(C)c(C)c1.[Pd]. The molecule has 2 aromatic carbocycles. The number of hydrogen-bond acceptors (Lipinski definition) is 2. The number of nitrogens with zero attached hydrogens (tertiary/aromatic N) is 2. The summed E-state index contributed by atoms with van der Waals surface area (Å²) in [6.45, 7) is 13.2. The second-order valence-electron chi connectivity index (χ2n) is 11.8. The van der Waals surface area contributed by atoms with E-state index in [2.05, 4.69) is 90.1 Å². The number of aliphatic imine (C=N–C) groups is 2. The third-order valence-electron chi connectivity index (χ3n) is 8.06. The van der Waals surface area contributed by atoms with Crippen molar-refractivity contribution in [2.24, 2.45) is 9.98 Å². The number of rotatable bonds is 20. The standard InChI is InChI=1S/C38H58N2.Pd/c1-7-9-11-12-13-14-15-16-17-18-19-20-21-22-24-38(40-36-28-26-32(4)34(6)30-36)37(23-10-8-2)39-35-27-25-31(3)33(5)29-35;/h22,24-30H,7-21,23H2,1-6H3;/b24-22+,39-37+,40-38+;. The maximum absolute atomic E-state index is 5.15. The van der Waals surface area contributed by atoms with Gasteiger partial charge in [0.25, 0.3) is 0 Å². The van der Waals surface area contributed by atoms with E-state index in [1.165, 1.54) is 99.3 Å². The number of benzene rings is 2.